The van der Waals surface area contributed by atoms with Crippen molar-refractivity contribution in [3.05, 3.63) is 101 Å². The fourth-order valence-electron chi connectivity index (χ4n) is 3.77. The smallest absolute Gasteiger partial charge is 0.306 e. The Balaban J connectivity index is 1.92. The van der Waals surface area contributed by atoms with E-state index in [1.807, 2.05) is 80.6 Å². The zero-order chi connectivity index (χ0) is 22.4. The minimum absolute atomic E-state index is 0.0786. The van der Waals surface area contributed by atoms with Crippen molar-refractivity contribution in [2.75, 3.05) is 0 Å². The first-order chi connectivity index (χ1) is 14.9. The third-order valence-corrected chi connectivity index (χ3v) is 5.68. The van der Waals surface area contributed by atoms with Crippen molar-refractivity contribution < 1.29 is 19.4 Å². The number of carbonyl (C=O) groups excluding carboxylic acids is 1. The molecule has 31 heavy (non-hydrogen) atoms. The summed E-state index contributed by atoms with van der Waals surface area (Å²) in [6.07, 6.45) is 0.244. The Morgan fingerprint density at radius 3 is 2.26 bits per heavy atom. The molecule has 0 bridgehead atoms. The second kappa shape index (κ2) is 10.1. The summed E-state index contributed by atoms with van der Waals surface area (Å²) in [4.78, 5) is 25.2. The van der Waals surface area contributed by atoms with Crippen LogP contribution in [0.15, 0.2) is 72.8 Å². The largest absolute Gasteiger partial charge is 0.489 e. The number of hydrogen-bond donors (Lipinski definition) is 1. The molecule has 0 aliphatic rings. The van der Waals surface area contributed by atoms with Gasteiger partial charge in [-0.3, -0.25) is 9.59 Å². The SMILES string of the molecule is Cc1ccccc1C(CC(C)C(=O)O)C(=O)c1cccc(OCc2ccccc2)c1C. The number of carbonyl (C=O) groups is 2. The molecule has 0 spiro atoms. The predicted molar refractivity (Wildman–Crippen MR) is 122 cm³/mol. The lowest BCUT2D eigenvalue weighted by atomic mass is 9.81. The maximum absolute atomic E-state index is 13.7. The van der Waals surface area contributed by atoms with Crippen molar-refractivity contribution >= 4 is 11.8 Å². The molecule has 1 N–H and O–H groups in total. The Kier molecular flexibility index (Phi) is 7.24. The van der Waals surface area contributed by atoms with Crippen LogP contribution < -0.4 is 4.74 Å². The molecule has 3 aromatic rings. The normalized spacial score (nSPS) is 12.7. The van der Waals surface area contributed by atoms with Gasteiger partial charge in [0.25, 0.3) is 0 Å². The van der Waals surface area contributed by atoms with Gasteiger partial charge in [-0.15, -0.1) is 0 Å². The van der Waals surface area contributed by atoms with E-state index < -0.39 is 17.8 Å². The third-order valence-electron chi connectivity index (χ3n) is 5.68. The first-order valence-electron chi connectivity index (χ1n) is 10.5. The van der Waals surface area contributed by atoms with Crippen LogP contribution in [0.2, 0.25) is 0 Å². The molecule has 0 heterocycles. The predicted octanol–water partition coefficient (Wildman–Crippen LogP) is 5.96. The Bertz CT molecular complexity index is 1060. The van der Waals surface area contributed by atoms with Crippen molar-refractivity contribution in [1.29, 1.82) is 0 Å². The Hall–Kier alpha value is -3.40. The summed E-state index contributed by atoms with van der Waals surface area (Å²) >= 11 is 0. The van der Waals surface area contributed by atoms with Gasteiger partial charge >= 0.3 is 5.97 Å². The number of Topliss-reactive ketones (excluding diaryl/α,β-unsaturated/α-hetero) is 1. The molecule has 2 unspecified atom stereocenters. The van der Waals surface area contributed by atoms with Crippen LogP contribution in [0.5, 0.6) is 5.75 Å². The van der Waals surface area contributed by atoms with E-state index in [0.29, 0.717) is 17.9 Å². The molecule has 160 valence electrons. The topological polar surface area (TPSA) is 63.6 Å². The average molecular weight is 417 g/mol. The van der Waals surface area contributed by atoms with Crippen LogP contribution in [-0.2, 0) is 11.4 Å². The van der Waals surface area contributed by atoms with Crippen LogP contribution in [0.3, 0.4) is 0 Å². The maximum Gasteiger partial charge on any atom is 0.306 e. The minimum Gasteiger partial charge on any atom is -0.489 e. The number of rotatable bonds is 9. The third kappa shape index (κ3) is 5.40. The van der Waals surface area contributed by atoms with Gasteiger partial charge in [0.1, 0.15) is 12.4 Å². The standard InChI is InChI=1S/C27H28O4/c1-18-10-7-8-13-22(18)24(16-19(2)27(29)30)26(28)23-14-9-15-25(20(23)3)31-17-21-11-5-4-6-12-21/h4-15,19,24H,16-17H2,1-3H3,(H,29,30). The molecule has 0 saturated heterocycles. The summed E-state index contributed by atoms with van der Waals surface area (Å²) in [5.74, 6) is -1.49. The molecule has 4 nitrogen and oxygen atoms in total. The lowest BCUT2D eigenvalue weighted by Gasteiger charge is -2.22. The number of aryl methyl sites for hydroxylation is 1. The number of carboxylic acid groups (broad SMARTS) is 1. The maximum atomic E-state index is 13.7. The molecule has 4 heteroatoms. The van der Waals surface area contributed by atoms with Crippen LogP contribution in [-0.4, -0.2) is 16.9 Å². The molecule has 0 radical (unpaired) electrons. The van der Waals surface area contributed by atoms with Gasteiger partial charge in [-0.1, -0.05) is 73.7 Å². The van der Waals surface area contributed by atoms with Crippen LogP contribution in [0, 0.1) is 19.8 Å². The molecule has 0 aromatic heterocycles. The van der Waals surface area contributed by atoms with E-state index in [-0.39, 0.29) is 12.2 Å². The summed E-state index contributed by atoms with van der Waals surface area (Å²) in [5, 5.41) is 9.45. The summed E-state index contributed by atoms with van der Waals surface area (Å²) in [6.45, 7) is 5.89. The zero-order valence-electron chi connectivity index (χ0n) is 18.2. The highest BCUT2D eigenvalue weighted by atomic mass is 16.5. The number of aliphatic carboxylic acids is 1. The highest BCUT2D eigenvalue weighted by Crippen LogP contribution is 2.33. The lowest BCUT2D eigenvalue weighted by molar-refractivity contribution is -0.141. The van der Waals surface area contributed by atoms with E-state index in [4.69, 9.17) is 4.74 Å². The van der Waals surface area contributed by atoms with Crippen molar-refractivity contribution in [3.8, 4) is 5.75 Å². The Morgan fingerprint density at radius 2 is 1.58 bits per heavy atom. The number of benzene rings is 3. The average Bonchev–Trinajstić information content (AvgIpc) is 2.77. The Labute approximate surface area is 183 Å². The molecular formula is C27H28O4. The highest BCUT2D eigenvalue weighted by Gasteiger charge is 2.29. The fraction of sp³-hybridized carbons (Fsp3) is 0.259. The number of carboxylic acids is 1. The van der Waals surface area contributed by atoms with E-state index in [0.717, 1.165) is 22.3 Å². The summed E-state index contributed by atoms with van der Waals surface area (Å²) in [5.41, 5.74) is 4.23. The second-order valence-electron chi connectivity index (χ2n) is 7.95. The number of hydrogen-bond acceptors (Lipinski definition) is 3. The monoisotopic (exact) mass is 416 g/mol. The van der Waals surface area contributed by atoms with Gasteiger partial charge in [-0.05, 0) is 43.0 Å². The van der Waals surface area contributed by atoms with Gasteiger partial charge in [-0.25, -0.2) is 0 Å². The summed E-state index contributed by atoms with van der Waals surface area (Å²) < 4.78 is 6.00. The van der Waals surface area contributed by atoms with E-state index in [1.54, 1.807) is 13.0 Å². The molecule has 0 aliphatic heterocycles. The molecule has 0 aliphatic carbocycles. The van der Waals surface area contributed by atoms with Crippen LogP contribution >= 0.6 is 0 Å². The zero-order valence-corrected chi connectivity index (χ0v) is 18.2. The van der Waals surface area contributed by atoms with Crippen molar-refractivity contribution in [2.24, 2.45) is 5.92 Å². The van der Waals surface area contributed by atoms with E-state index >= 15 is 0 Å². The second-order valence-corrected chi connectivity index (χ2v) is 7.95. The molecule has 2 atom stereocenters. The van der Waals surface area contributed by atoms with Crippen molar-refractivity contribution in [1.82, 2.24) is 0 Å². The molecule has 0 saturated carbocycles. The number of ketones is 1. The van der Waals surface area contributed by atoms with Crippen molar-refractivity contribution in [3.63, 3.8) is 0 Å². The lowest BCUT2D eigenvalue weighted by Crippen LogP contribution is -2.21. The van der Waals surface area contributed by atoms with Crippen LogP contribution in [0.1, 0.15) is 51.9 Å². The first-order valence-corrected chi connectivity index (χ1v) is 10.5. The van der Waals surface area contributed by atoms with Gasteiger partial charge in [-0.2, -0.15) is 0 Å². The first kappa shape index (κ1) is 22.3. The minimum atomic E-state index is -0.900. The highest BCUT2D eigenvalue weighted by molar-refractivity contribution is 6.03. The summed E-state index contributed by atoms with van der Waals surface area (Å²) in [7, 11) is 0. The van der Waals surface area contributed by atoms with E-state index in [1.165, 1.54) is 0 Å². The van der Waals surface area contributed by atoms with E-state index in [9.17, 15) is 14.7 Å². The Morgan fingerprint density at radius 1 is 0.903 bits per heavy atom. The van der Waals surface area contributed by atoms with Gasteiger partial charge < -0.3 is 9.84 Å². The van der Waals surface area contributed by atoms with Gasteiger partial charge in [0.15, 0.2) is 5.78 Å². The fourth-order valence-corrected chi connectivity index (χ4v) is 3.77. The van der Waals surface area contributed by atoms with Crippen LogP contribution in [0.25, 0.3) is 0 Å². The molecular weight excluding hydrogens is 388 g/mol. The van der Waals surface area contributed by atoms with Crippen molar-refractivity contribution in [2.45, 2.75) is 39.7 Å². The van der Waals surface area contributed by atoms with Gasteiger partial charge in [0.2, 0.25) is 0 Å². The molecule has 3 rings (SSSR count). The molecule has 0 fully saturated rings. The van der Waals surface area contributed by atoms with E-state index in [2.05, 4.69) is 0 Å². The van der Waals surface area contributed by atoms with Gasteiger partial charge in [0.05, 0.1) is 5.92 Å². The molecule has 0 amide bonds. The number of ether oxygens (including phenoxy) is 1. The quantitative estimate of drug-likeness (QED) is 0.437. The molecule has 3 aromatic carbocycles. The van der Waals surface area contributed by atoms with Gasteiger partial charge in [0, 0.05) is 17.0 Å². The van der Waals surface area contributed by atoms with Crippen LogP contribution in [0.4, 0.5) is 0 Å². The summed E-state index contributed by atoms with van der Waals surface area (Å²) in [6, 6.07) is 23.0.